The van der Waals surface area contributed by atoms with Crippen molar-refractivity contribution in [2.45, 2.75) is 18.9 Å². The number of fused-ring (bicyclic) bond motifs is 1. The average molecular weight is 278 g/mol. The number of aromatic nitrogens is 3. The number of rotatable bonds is 2. The third-order valence-corrected chi connectivity index (χ3v) is 3.78. The van der Waals surface area contributed by atoms with Crippen LogP contribution in [0.2, 0.25) is 5.15 Å². The Morgan fingerprint density at radius 3 is 3.11 bits per heavy atom. The SMILES string of the molecule is CN1CCCC(Nc2nnc(Cl)c3ccncc23)C1. The maximum absolute atomic E-state index is 6.06. The van der Waals surface area contributed by atoms with Crippen LogP contribution in [0.15, 0.2) is 18.5 Å². The molecule has 1 fully saturated rings. The van der Waals surface area contributed by atoms with Gasteiger partial charge in [0, 0.05) is 35.8 Å². The minimum Gasteiger partial charge on any atom is -0.364 e. The molecular formula is C13H16ClN5. The normalized spacial score (nSPS) is 20.6. The van der Waals surface area contributed by atoms with Crippen LogP contribution in [0.1, 0.15) is 12.8 Å². The molecule has 2 aromatic heterocycles. The van der Waals surface area contributed by atoms with Gasteiger partial charge in [-0.15, -0.1) is 10.2 Å². The molecule has 1 unspecified atom stereocenters. The van der Waals surface area contributed by atoms with Gasteiger partial charge >= 0.3 is 0 Å². The molecule has 3 heterocycles. The van der Waals surface area contributed by atoms with Gasteiger partial charge in [-0.2, -0.15) is 0 Å². The van der Waals surface area contributed by atoms with Crippen LogP contribution >= 0.6 is 11.6 Å². The lowest BCUT2D eigenvalue weighted by Gasteiger charge is -2.30. The first kappa shape index (κ1) is 12.6. The summed E-state index contributed by atoms with van der Waals surface area (Å²) in [5, 5.41) is 13.9. The third kappa shape index (κ3) is 2.62. The van der Waals surface area contributed by atoms with E-state index in [1.165, 1.54) is 6.42 Å². The lowest BCUT2D eigenvalue weighted by Crippen LogP contribution is -2.40. The molecule has 3 rings (SSSR count). The zero-order chi connectivity index (χ0) is 13.2. The van der Waals surface area contributed by atoms with E-state index < -0.39 is 0 Å². The molecule has 0 amide bonds. The fourth-order valence-electron chi connectivity index (χ4n) is 2.55. The number of likely N-dealkylation sites (tertiary alicyclic amines) is 1. The fourth-order valence-corrected chi connectivity index (χ4v) is 2.75. The zero-order valence-corrected chi connectivity index (χ0v) is 11.6. The number of nitrogens with one attached hydrogen (secondary N) is 1. The topological polar surface area (TPSA) is 53.9 Å². The second-order valence-electron chi connectivity index (χ2n) is 5.01. The fraction of sp³-hybridized carbons (Fsp3) is 0.462. The highest BCUT2D eigenvalue weighted by Gasteiger charge is 2.18. The van der Waals surface area contributed by atoms with Gasteiger partial charge in [0.05, 0.1) is 0 Å². The summed E-state index contributed by atoms with van der Waals surface area (Å²) in [5.41, 5.74) is 0. The van der Waals surface area contributed by atoms with Crippen LogP contribution in [0.5, 0.6) is 0 Å². The van der Waals surface area contributed by atoms with E-state index >= 15 is 0 Å². The summed E-state index contributed by atoms with van der Waals surface area (Å²) in [4.78, 5) is 6.47. The Kier molecular flexibility index (Phi) is 3.48. The molecule has 0 aliphatic carbocycles. The largest absolute Gasteiger partial charge is 0.364 e. The van der Waals surface area contributed by atoms with Crippen LogP contribution < -0.4 is 5.32 Å². The van der Waals surface area contributed by atoms with Crippen molar-refractivity contribution in [3.8, 4) is 0 Å². The highest BCUT2D eigenvalue weighted by molar-refractivity contribution is 6.34. The minimum absolute atomic E-state index is 0.401. The highest BCUT2D eigenvalue weighted by Crippen LogP contribution is 2.26. The third-order valence-electron chi connectivity index (χ3n) is 3.50. The number of piperidine rings is 1. The Bertz CT molecular complexity index is 588. The maximum atomic E-state index is 6.06. The molecule has 2 aromatic rings. The Morgan fingerprint density at radius 2 is 2.26 bits per heavy atom. The van der Waals surface area contributed by atoms with Gasteiger partial charge in [0.15, 0.2) is 11.0 Å². The Labute approximate surface area is 117 Å². The highest BCUT2D eigenvalue weighted by atomic mass is 35.5. The number of pyridine rings is 1. The molecule has 0 bridgehead atoms. The van der Waals surface area contributed by atoms with E-state index in [1.54, 1.807) is 12.4 Å². The second kappa shape index (κ2) is 5.27. The predicted molar refractivity (Wildman–Crippen MR) is 76.5 cm³/mol. The Hall–Kier alpha value is -1.46. The molecule has 1 saturated heterocycles. The summed E-state index contributed by atoms with van der Waals surface area (Å²) < 4.78 is 0. The Balaban J connectivity index is 1.90. The Morgan fingerprint density at radius 1 is 1.37 bits per heavy atom. The van der Waals surface area contributed by atoms with E-state index in [9.17, 15) is 0 Å². The van der Waals surface area contributed by atoms with E-state index in [1.807, 2.05) is 6.07 Å². The summed E-state index contributed by atoms with van der Waals surface area (Å²) in [6.45, 7) is 2.18. The smallest absolute Gasteiger partial charge is 0.159 e. The van der Waals surface area contributed by atoms with Crippen LogP contribution in [0.4, 0.5) is 5.82 Å². The van der Waals surface area contributed by atoms with Crippen LogP contribution in [0.3, 0.4) is 0 Å². The molecule has 1 aliphatic rings. The predicted octanol–water partition coefficient (Wildman–Crippen LogP) is 2.18. The lowest BCUT2D eigenvalue weighted by molar-refractivity contribution is 0.261. The first-order chi connectivity index (χ1) is 9.24. The van der Waals surface area contributed by atoms with E-state index in [0.717, 1.165) is 36.1 Å². The van der Waals surface area contributed by atoms with Gasteiger partial charge in [0.2, 0.25) is 0 Å². The number of halogens is 1. The van der Waals surface area contributed by atoms with E-state index in [0.29, 0.717) is 11.2 Å². The maximum Gasteiger partial charge on any atom is 0.159 e. The van der Waals surface area contributed by atoms with E-state index in [4.69, 9.17) is 11.6 Å². The standard InChI is InChI=1S/C13H16ClN5/c1-19-6-2-3-9(8-19)16-13-11-7-15-5-4-10(11)12(14)17-18-13/h4-5,7,9H,2-3,6,8H2,1H3,(H,16,18). The second-order valence-corrected chi connectivity index (χ2v) is 5.36. The van der Waals surface area contributed by atoms with Crippen molar-refractivity contribution in [1.29, 1.82) is 0 Å². The summed E-state index contributed by atoms with van der Waals surface area (Å²) in [5.74, 6) is 0.771. The van der Waals surface area contributed by atoms with Gasteiger partial charge in [0.25, 0.3) is 0 Å². The molecule has 1 aliphatic heterocycles. The first-order valence-electron chi connectivity index (χ1n) is 6.45. The van der Waals surface area contributed by atoms with Gasteiger partial charge < -0.3 is 10.2 Å². The van der Waals surface area contributed by atoms with Crippen LogP contribution in [-0.4, -0.2) is 46.3 Å². The molecule has 100 valence electrons. The van der Waals surface area contributed by atoms with E-state index in [2.05, 4.69) is 32.4 Å². The molecule has 0 radical (unpaired) electrons. The number of likely N-dealkylation sites (N-methyl/N-ethyl adjacent to an activating group) is 1. The molecule has 6 heteroatoms. The summed E-state index contributed by atoms with van der Waals surface area (Å²) in [6, 6.07) is 2.27. The van der Waals surface area contributed by atoms with Crippen molar-refractivity contribution < 1.29 is 0 Å². The number of nitrogens with zero attached hydrogens (tertiary/aromatic N) is 4. The van der Waals surface area contributed by atoms with Crippen molar-refractivity contribution in [1.82, 2.24) is 20.1 Å². The summed E-state index contributed by atoms with van der Waals surface area (Å²) >= 11 is 6.06. The summed E-state index contributed by atoms with van der Waals surface area (Å²) in [7, 11) is 2.14. The van der Waals surface area contributed by atoms with Gasteiger partial charge in [-0.1, -0.05) is 11.6 Å². The van der Waals surface area contributed by atoms with Crippen LogP contribution in [0.25, 0.3) is 10.8 Å². The van der Waals surface area contributed by atoms with Gasteiger partial charge in [-0.3, -0.25) is 4.98 Å². The summed E-state index contributed by atoms with van der Waals surface area (Å²) in [6.07, 6.45) is 5.85. The van der Waals surface area contributed by atoms with Crippen molar-refractivity contribution in [2.24, 2.45) is 0 Å². The number of hydrogen-bond donors (Lipinski definition) is 1. The van der Waals surface area contributed by atoms with Crippen LogP contribution in [-0.2, 0) is 0 Å². The van der Waals surface area contributed by atoms with Gasteiger partial charge in [-0.05, 0) is 32.5 Å². The lowest BCUT2D eigenvalue weighted by atomic mass is 10.1. The molecule has 0 saturated carbocycles. The molecule has 1 atom stereocenters. The molecular weight excluding hydrogens is 262 g/mol. The van der Waals surface area contributed by atoms with E-state index in [-0.39, 0.29) is 0 Å². The molecule has 19 heavy (non-hydrogen) atoms. The molecule has 0 aromatic carbocycles. The monoisotopic (exact) mass is 277 g/mol. The average Bonchev–Trinajstić information content (AvgIpc) is 2.42. The number of anilines is 1. The molecule has 1 N–H and O–H groups in total. The van der Waals surface area contributed by atoms with Gasteiger partial charge in [-0.25, -0.2) is 0 Å². The van der Waals surface area contributed by atoms with Crippen molar-refractivity contribution in [3.63, 3.8) is 0 Å². The quantitative estimate of drug-likeness (QED) is 0.912. The van der Waals surface area contributed by atoms with Crippen molar-refractivity contribution in [2.75, 3.05) is 25.5 Å². The van der Waals surface area contributed by atoms with Crippen molar-refractivity contribution >= 4 is 28.2 Å². The van der Waals surface area contributed by atoms with Crippen LogP contribution in [0, 0.1) is 0 Å². The minimum atomic E-state index is 0.401. The van der Waals surface area contributed by atoms with Crippen molar-refractivity contribution in [3.05, 3.63) is 23.6 Å². The molecule has 0 spiro atoms. The number of hydrogen-bond acceptors (Lipinski definition) is 5. The first-order valence-corrected chi connectivity index (χ1v) is 6.83. The van der Waals surface area contributed by atoms with Gasteiger partial charge in [0.1, 0.15) is 0 Å². The molecule has 5 nitrogen and oxygen atoms in total. The zero-order valence-electron chi connectivity index (χ0n) is 10.8.